The molecule has 0 aliphatic carbocycles. The summed E-state index contributed by atoms with van der Waals surface area (Å²) in [5.74, 6) is -0.360. The molecule has 11 heteroatoms. The van der Waals surface area contributed by atoms with E-state index < -0.39 is 5.24 Å². The number of amides is 2. The van der Waals surface area contributed by atoms with Crippen LogP contribution in [0.3, 0.4) is 0 Å². The number of nitrogens with zero attached hydrogens (tertiary/aromatic N) is 3. The molecule has 0 saturated carbocycles. The van der Waals surface area contributed by atoms with Gasteiger partial charge in [-0.15, -0.1) is 0 Å². The van der Waals surface area contributed by atoms with Crippen molar-refractivity contribution >= 4 is 40.0 Å². The Morgan fingerprint density at radius 1 is 0.674 bits per heavy atom. The van der Waals surface area contributed by atoms with Crippen LogP contribution in [0.1, 0.15) is 62.3 Å². The second-order valence-electron chi connectivity index (χ2n) is 8.78. The summed E-state index contributed by atoms with van der Waals surface area (Å²) in [5, 5.41) is 13.9. The molecule has 0 atom stereocenters. The Kier molecular flexibility index (Phi) is 18.1. The second kappa shape index (κ2) is 21.7. The fourth-order valence-corrected chi connectivity index (χ4v) is 3.32. The summed E-state index contributed by atoms with van der Waals surface area (Å²) in [4.78, 5) is 40.9. The van der Waals surface area contributed by atoms with Gasteiger partial charge in [-0.1, -0.05) is 48.5 Å². The van der Waals surface area contributed by atoms with Gasteiger partial charge in [0.25, 0.3) is 17.1 Å². The molecule has 3 aromatic rings. The number of carbonyl (C=O) groups is 3. The molecular weight excluding hydrogens is 566 g/mol. The van der Waals surface area contributed by atoms with Crippen molar-refractivity contribution in [1.82, 2.24) is 10.6 Å². The lowest BCUT2D eigenvalue weighted by atomic mass is 10.1. The number of nitriles is 1. The van der Waals surface area contributed by atoms with E-state index in [-0.39, 0.29) is 11.8 Å². The number of hydrogen-bond donors (Lipinski definition) is 4. The number of nitrogens with two attached hydrogens (primary N) is 2. The third-order valence-electron chi connectivity index (χ3n) is 5.59. The predicted molar refractivity (Wildman–Crippen MR) is 168 cm³/mol. The van der Waals surface area contributed by atoms with E-state index in [1.165, 1.54) is 12.1 Å². The van der Waals surface area contributed by atoms with Gasteiger partial charge in [0.15, 0.2) is 11.4 Å². The van der Waals surface area contributed by atoms with Gasteiger partial charge in [0.2, 0.25) is 0 Å². The molecule has 43 heavy (non-hydrogen) atoms. The molecule has 0 saturated heterocycles. The monoisotopic (exact) mass is 599 g/mol. The summed E-state index contributed by atoms with van der Waals surface area (Å²) in [7, 11) is 0. The molecule has 0 aliphatic heterocycles. The van der Waals surface area contributed by atoms with Crippen LogP contribution in [0.5, 0.6) is 0 Å². The van der Waals surface area contributed by atoms with Crippen molar-refractivity contribution in [2.75, 3.05) is 26.2 Å². The van der Waals surface area contributed by atoms with Crippen molar-refractivity contribution in [2.45, 2.75) is 25.7 Å². The minimum atomic E-state index is -0.499. The summed E-state index contributed by atoms with van der Waals surface area (Å²) < 4.78 is 0. The first-order valence-corrected chi connectivity index (χ1v) is 13.8. The lowest BCUT2D eigenvalue weighted by Crippen LogP contribution is -2.27. The van der Waals surface area contributed by atoms with Crippen LogP contribution in [0.25, 0.3) is 9.69 Å². The number of benzene rings is 3. The Balaban J connectivity index is 0.000000444. The van der Waals surface area contributed by atoms with Crippen molar-refractivity contribution < 1.29 is 14.4 Å². The first kappa shape index (κ1) is 36.0. The fraction of sp³-hybridized carbons (Fsp3) is 0.250. The molecule has 0 radical (unpaired) electrons. The third kappa shape index (κ3) is 14.9. The SMILES string of the molecule is NCCCCN.[C-]#[N+]c1ccc(C(=O)Cl)cc1.[C-]#[N+]c1ccc(C(=O)NCCCCNC(=O)c2ccc(C#N)cc2)cc1. The first-order chi connectivity index (χ1) is 20.8. The summed E-state index contributed by atoms with van der Waals surface area (Å²) in [5.41, 5.74) is 13.3. The first-order valence-electron chi connectivity index (χ1n) is 13.4. The van der Waals surface area contributed by atoms with Crippen molar-refractivity contribution in [3.63, 3.8) is 0 Å². The number of unbranched alkanes of at least 4 members (excludes halogenated alkanes) is 2. The van der Waals surface area contributed by atoms with Gasteiger partial charge in [-0.2, -0.15) is 5.26 Å². The van der Waals surface area contributed by atoms with Gasteiger partial charge in [-0.05, 0) is 74.6 Å². The molecule has 6 N–H and O–H groups in total. The van der Waals surface area contributed by atoms with Crippen LogP contribution in [0.15, 0.2) is 72.8 Å². The van der Waals surface area contributed by atoms with Crippen LogP contribution in [0.4, 0.5) is 11.4 Å². The maximum atomic E-state index is 11.9. The normalized spacial score (nSPS) is 9.30. The number of hydrogen-bond acceptors (Lipinski definition) is 6. The molecule has 0 fully saturated rings. The summed E-state index contributed by atoms with van der Waals surface area (Å²) in [6.07, 6.45) is 3.60. The molecule has 0 aromatic heterocycles. The molecule has 0 unspecified atom stereocenters. The standard InChI is InChI=1S/C20H18N4O2.C8H4ClNO.C4H12N2/c1-22-18-10-8-17(9-11-18)20(26)24-13-3-2-12-23-19(25)16-6-4-15(14-21)5-7-16;1-10-7-4-2-6(3-5-7)8(9)11;5-3-1-2-4-6/h4-11H,2-3,12-13H2,(H,23,25)(H,24,26);2-5H;1-6H2. The maximum Gasteiger partial charge on any atom is 0.252 e. The summed E-state index contributed by atoms with van der Waals surface area (Å²) in [6.45, 7) is 16.1. The summed E-state index contributed by atoms with van der Waals surface area (Å²) in [6, 6.07) is 21.1. The van der Waals surface area contributed by atoms with Crippen molar-refractivity contribution in [1.29, 1.82) is 5.26 Å². The second-order valence-corrected chi connectivity index (χ2v) is 9.13. The lowest BCUT2D eigenvalue weighted by Gasteiger charge is -2.07. The van der Waals surface area contributed by atoms with E-state index in [0.717, 1.165) is 38.8 Å². The number of carbonyl (C=O) groups excluding carboxylic acids is 3. The van der Waals surface area contributed by atoms with Crippen molar-refractivity contribution in [2.24, 2.45) is 11.5 Å². The van der Waals surface area contributed by atoms with E-state index in [9.17, 15) is 14.4 Å². The minimum absolute atomic E-state index is 0.178. The average molecular weight is 600 g/mol. The number of halogens is 1. The number of nitrogens with one attached hydrogen (secondary N) is 2. The molecule has 10 nitrogen and oxygen atoms in total. The van der Waals surface area contributed by atoms with Crippen LogP contribution in [0.2, 0.25) is 0 Å². The topological polar surface area (TPSA) is 160 Å². The molecule has 0 heterocycles. The molecule has 0 bridgehead atoms. The van der Waals surface area contributed by atoms with Crippen LogP contribution in [0, 0.1) is 24.5 Å². The highest BCUT2D eigenvalue weighted by atomic mass is 35.5. The Bertz CT molecular complexity index is 1340. The zero-order valence-corrected chi connectivity index (χ0v) is 24.4. The van der Waals surface area contributed by atoms with Crippen LogP contribution in [-0.4, -0.2) is 43.2 Å². The maximum absolute atomic E-state index is 11.9. The molecule has 0 aliphatic rings. The third-order valence-corrected chi connectivity index (χ3v) is 5.81. The van der Waals surface area contributed by atoms with Crippen molar-refractivity contribution in [3.05, 3.63) is 118 Å². The van der Waals surface area contributed by atoms with E-state index in [1.54, 1.807) is 60.7 Å². The van der Waals surface area contributed by atoms with Crippen LogP contribution >= 0.6 is 11.6 Å². The molecular formula is C32H34ClN7O3. The van der Waals surface area contributed by atoms with E-state index in [4.69, 9.17) is 41.5 Å². The Morgan fingerprint density at radius 2 is 1.05 bits per heavy atom. The van der Waals surface area contributed by atoms with Gasteiger partial charge in [0.05, 0.1) is 24.8 Å². The zero-order valence-electron chi connectivity index (χ0n) is 23.7. The molecule has 0 spiro atoms. The Morgan fingerprint density at radius 3 is 1.37 bits per heavy atom. The summed E-state index contributed by atoms with van der Waals surface area (Å²) >= 11 is 5.18. The molecule has 3 rings (SSSR count). The van der Waals surface area contributed by atoms with Gasteiger partial charge >= 0.3 is 0 Å². The van der Waals surface area contributed by atoms with Gasteiger partial charge in [-0.3, -0.25) is 14.4 Å². The fourth-order valence-electron chi connectivity index (χ4n) is 3.20. The Hall–Kier alpha value is -5.05. The van der Waals surface area contributed by atoms with E-state index in [0.29, 0.717) is 46.7 Å². The van der Waals surface area contributed by atoms with Crippen LogP contribution in [-0.2, 0) is 0 Å². The highest BCUT2D eigenvalue weighted by molar-refractivity contribution is 6.67. The number of rotatable bonds is 11. The van der Waals surface area contributed by atoms with E-state index in [1.807, 2.05) is 6.07 Å². The van der Waals surface area contributed by atoms with Crippen molar-refractivity contribution in [3.8, 4) is 6.07 Å². The van der Waals surface area contributed by atoms with Gasteiger partial charge < -0.3 is 22.1 Å². The van der Waals surface area contributed by atoms with Crippen LogP contribution < -0.4 is 22.1 Å². The quantitative estimate of drug-likeness (QED) is 0.132. The highest BCUT2D eigenvalue weighted by Gasteiger charge is 2.06. The molecule has 222 valence electrons. The van der Waals surface area contributed by atoms with E-state index >= 15 is 0 Å². The smallest absolute Gasteiger partial charge is 0.252 e. The Labute approximate surface area is 257 Å². The molecule has 2 amide bonds. The van der Waals surface area contributed by atoms with Gasteiger partial charge in [-0.25, -0.2) is 9.69 Å². The zero-order chi connectivity index (χ0) is 31.9. The lowest BCUT2D eigenvalue weighted by molar-refractivity contribution is 0.0939. The average Bonchev–Trinajstić information content (AvgIpc) is 3.05. The highest BCUT2D eigenvalue weighted by Crippen LogP contribution is 2.14. The largest absolute Gasteiger partial charge is 0.352 e. The predicted octanol–water partition coefficient (Wildman–Crippen LogP) is 5.35. The molecule has 3 aromatic carbocycles. The minimum Gasteiger partial charge on any atom is -0.352 e. The van der Waals surface area contributed by atoms with Gasteiger partial charge in [0.1, 0.15) is 0 Å². The van der Waals surface area contributed by atoms with E-state index in [2.05, 4.69) is 20.3 Å². The van der Waals surface area contributed by atoms with Gasteiger partial charge in [0, 0.05) is 29.8 Å².